The molecule has 0 bridgehead atoms. The van der Waals surface area contributed by atoms with Crippen LogP contribution in [0.5, 0.6) is 0 Å². The number of hydrogen-bond donors (Lipinski definition) is 2. The summed E-state index contributed by atoms with van der Waals surface area (Å²) in [5, 5.41) is 2.85. The lowest BCUT2D eigenvalue weighted by Gasteiger charge is -2.13. The van der Waals surface area contributed by atoms with Gasteiger partial charge in [0.2, 0.25) is 0 Å². The molecule has 0 heterocycles. The number of ether oxygens (including phenoxy) is 1. The number of benzene rings is 3. The maximum Gasteiger partial charge on any atom is 0.261 e. The van der Waals surface area contributed by atoms with Gasteiger partial charge in [0.1, 0.15) is 0 Å². The highest BCUT2D eigenvalue weighted by Gasteiger charge is 2.16. The van der Waals surface area contributed by atoms with Crippen LogP contribution in [-0.2, 0) is 21.4 Å². The average molecular weight is 425 g/mol. The Morgan fingerprint density at radius 2 is 1.70 bits per heavy atom. The maximum absolute atomic E-state index is 12.6. The Kier molecular flexibility index (Phi) is 6.54. The molecule has 0 aliphatic carbocycles. The predicted molar refractivity (Wildman–Crippen MR) is 118 cm³/mol. The molecule has 3 rings (SSSR count). The summed E-state index contributed by atoms with van der Waals surface area (Å²) in [6, 6.07) is 18.9. The average Bonchev–Trinajstić information content (AvgIpc) is 2.70. The second kappa shape index (κ2) is 9.11. The van der Waals surface area contributed by atoms with E-state index in [2.05, 4.69) is 10.0 Å². The van der Waals surface area contributed by atoms with E-state index in [1.54, 1.807) is 62.6 Å². The van der Waals surface area contributed by atoms with Crippen molar-refractivity contribution in [3.05, 3.63) is 89.0 Å². The summed E-state index contributed by atoms with van der Waals surface area (Å²) in [6.07, 6.45) is 0. The van der Waals surface area contributed by atoms with E-state index in [1.165, 1.54) is 0 Å². The van der Waals surface area contributed by atoms with Crippen LogP contribution >= 0.6 is 0 Å². The number of anilines is 2. The van der Waals surface area contributed by atoms with E-state index in [-0.39, 0.29) is 10.8 Å². The number of hydrogen-bond acceptors (Lipinski definition) is 4. The summed E-state index contributed by atoms with van der Waals surface area (Å²) in [4.78, 5) is 12.8. The molecule has 0 atom stereocenters. The number of nitrogens with one attached hydrogen (secondary N) is 2. The number of amides is 1. The van der Waals surface area contributed by atoms with E-state index >= 15 is 0 Å². The van der Waals surface area contributed by atoms with Crippen LogP contribution in [0.3, 0.4) is 0 Å². The molecule has 3 aromatic rings. The third-order valence-electron chi connectivity index (χ3n) is 4.56. The molecule has 30 heavy (non-hydrogen) atoms. The highest BCUT2D eigenvalue weighted by molar-refractivity contribution is 7.92. The molecule has 0 spiro atoms. The topological polar surface area (TPSA) is 84.5 Å². The Hall–Kier alpha value is -3.16. The third kappa shape index (κ3) is 5.25. The summed E-state index contributed by atoms with van der Waals surface area (Å²) >= 11 is 0. The molecule has 0 aromatic heterocycles. The quantitative estimate of drug-likeness (QED) is 0.585. The molecule has 1 amide bonds. The number of aryl methyl sites for hydroxylation is 2. The van der Waals surface area contributed by atoms with Crippen molar-refractivity contribution in [2.24, 2.45) is 0 Å². The molecule has 7 heteroatoms. The number of carbonyl (C=O) groups excluding carboxylic acids is 1. The van der Waals surface area contributed by atoms with Crippen molar-refractivity contribution >= 4 is 27.3 Å². The zero-order valence-electron chi connectivity index (χ0n) is 17.1. The van der Waals surface area contributed by atoms with E-state index in [0.717, 1.165) is 11.1 Å². The fraction of sp³-hybridized carbons (Fsp3) is 0.174. The van der Waals surface area contributed by atoms with Gasteiger partial charge in [-0.15, -0.1) is 0 Å². The molecule has 0 fully saturated rings. The highest BCUT2D eigenvalue weighted by atomic mass is 32.2. The fourth-order valence-corrected chi connectivity index (χ4v) is 4.08. The first-order valence-corrected chi connectivity index (χ1v) is 10.9. The summed E-state index contributed by atoms with van der Waals surface area (Å²) in [5.74, 6) is -0.277. The van der Waals surface area contributed by atoms with Crippen molar-refractivity contribution in [3.63, 3.8) is 0 Å². The van der Waals surface area contributed by atoms with Crippen LogP contribution < -0.4 is 10.0 Å². The number of carbonyl (C=O) groups is 1. The Morgan fingerprint density at radius 1 is 0.967 bits per heavy atom. The SMILES string of the molecule is COCc1cccc(NC(=O)c2ccc(NS(=O)(=O)c3ccc(C)cc3)c(C)c2)c1. The molecule has 3 aromatic carbocycles. The molecule has 0 radical (unpaired) electrons. The minimum Gasteiger partial charge on any atom is -0.380 e. The zero-order valence-corrected chi connectivity index (χ0v) is 17.9. The lowest BCUT2D eigenvalue weighted by atomic mass is 10.1. The van der Waals surface area contributed by atoms with Gasteiger partial charge in [0.25, 0.3) is 15.9 Å². The van der Waals surface area contributed by atoms with Gasteiger partial charge in [-0.1, -0.05) is 29.8 Å². The van der Waals surface area contributed by atoms with E-state index < -0.39 is 10.0 Å². The molecule has 0 aliphatic heterocycles. The lowest BCUT2D eigenvalue weighted by molar-refractivity contribution is 0.102. The summed E-state index contributed by atoms with van der Waals surface area (Å²) in [5.41, 5.74) is 4.10. The Labute approximate surface area is 177 Å². The van der Waals surface area contributed by atoms with Crippen molar-refractivity contribution in [2.45, 2.75) is 25.3 Å². The van der Waals surface area contributed by atoms with Crippen LogP contribution in [0.15, 0.2) is 71.6 Å². The van der Waals surface area contributed by atoms with Gasteiger partial charge in [-0.05, 0) is 67.4 Å². The van der Waals surface area contributed by atoms with Crippen molar-refractivity contribution in [1.29, 1.82) is 0 Å². The van der Waals surface area contributed by atoms with Crippen LogP contribution in [0.4, 0.5) is 11.4 Å². The first-order valence-electron chi connectivity index (χ1n) is 9.38. The number of rotatable bonds is 7. The van der Waals surface area contributed by atoms with Gasteiger partial charge < -0.3 is 10.1 Å². The fourth-order valence-electron chi connectivity index (χ4n) is 2.95. The van der Waals surface area contributed by atoms with Crippen LogP contribution in [0.25, 0.3) is 0 Å². The van der Waals surface area contributed by atoms with Crippen molar-refractivity contribution < 1.29 is 17.9 Å². The minimum absolute atomic E-state index is 0.185. The Morgan fingerprint density at radius 3 is 2.37 bits per heavy atom. The summed E-state index contributed by atoms with van der Waals surface area (Å²) < 4.78 is 32.9. The summed E-state index contributed by atoms with van der Waals surface area (Å²) in [7, 11) is -2.09. The predicted octanol–water partition coefficient (Wildman–Crippen LogP) is 4.50. The molecule has 0 saturated heterocycles. The van der Waals surface area contributed by atoms with Crippen molar-refractivity contribution in [3.8, 4) is 0 Å². The Balaban J connectivity index is 1.75. The lowest BCUT2D eigenvalue weighted by Crippen LogP contribution is -2.15. The first-order chi connectivity index (χ1) is 14.3. The normalized spacial score (nSPS) is 11.2. The second-order valence-corrected chi connectivity index (χ2v) is 8.72. The molecule has 0 aliphatic rings. The van der Waals surface area contributed by atoms with Crippen LogP contribution in [-0.4, -0.2) is 21.4 Å². The summed E-state index contributed by atoms with van der Waals surface area (Å²) in [6.45, 7) is 4.10. The minimum atomic E-state index is -3.71. The third-order valence-corrected chi connectivity index (χ3v) is 5.94. The van der Waals surface area contributed by atoms with Crippen molar-refractivity contribution in [2.75, 3.05) is 17.1 Å². The van der Waals surface area contributed by atoms with Crippen LogP contribution in [0.1, 0.15) is 27.0 Å². The largest absolute Gasteiger partial charge is 0.380 e. The molecular weight excluding hydrogens is 400 g/mol. The van der Waals surface area contributed by atoms with Gasteiger partial charge in [0, 0.05) is 18.4 Å². The van der Waals surface area contributed by atoms with E-state index in [4.69, 9.17) is 4.74 Å². The maximum atomic E-state index is 12.6. The number of sulfonamides is 1. The van der Waals surface area contributed by atoms with Gasteiger partial charge in [-0.2, -0.15) is 0 Å². The van der Waals surface area contributed by atoms with E-state index in [0.29, 0.717) is 29.1 Å². The van der Waals surface area contributed by atoms with Gasteiger partial charge in [0.15, 0.2) is 0 Å². The zero-order chi connectivity index (χ0) is 21.7. The first kappa shape index (κ1) is 21.5. The number of methoxy groups -OCH3 is 1. The second-order valence-electron chi connectivity index (χ2n) is 7.04. The Bertz CT molecular complexity index is 1160. The molecule has 2 N–H and O–H groups in total. The van der Waals surface area contributed by atoms with Crippen LogP contribution in [0.2, 0.25) is 0 Å². The smallest absolute Gasteiger partial charge is 0.261 e. The van der Waals surface area contributed by atoms with E-state index in [1.807, 2.05) is 25.1 Å². The van der Waals surface area contributed by atoms with Crippen LogP contribution in [0, 0.1) is 13.8 Å². The molecular formula is C23H24N2O4S. The molecule has 0 saturated carbocycles. The van der Waals surface area contributed by atoms with Gasteiger partial charge in [-0.3, -0.25) is 9.52 Å². The molecule has 0 unspecified atom stereocenters. The van der Waals surface area contributed by atoms with Crippen molar-refractivity contribution in [1.82, 2.24) is 0 Å². The van der Waals surface area contributed by atoms with Gasteiger partial charge >= 0.3 is 0 Å². The molecule has 6 nitrogen and oxygen atoms in total. The van der Waals surface area contributed by atoms with Gasteiger partial charge in [-0.25, -0.2) is 8.42 Å². The standard InChI is InChI=1S/C23H24N2O4S/c1-16-7-10-21(11-8-16)30(27,28)25-22-12-9-19(13-17(22)2)23(26)24-20-6-4-5-18(14-20)15-29-3/h4-14,25H,15H2,1-3H3,(H,24,26). The van der Waals surface area contributed by atoms with Gasteiger partial charge in [0.05, 0.1) is 17.2 Å². The van der Waals surface area contributed by atoms with E-state index in [9.17, 15) is 13.2 Å². The molecule has 156 valence electrons. The monoisotopic (exact) mass is 424 g/mol. The highest BCUT2D eigenvalue weighted by Crippen LogP contribution is 2.22.